The first-order valence-corrected chi connectivity index (χ1v) is 7.45. The molecule has 0 spiro atoms. The number of nitrogens with one attached hydrogen (secondary N) is 1. The highest BCUT2D eigenvalue weighted by molar-refractivity contribution is 5.85. The lowest BCUT2D eigenvalue weighted by Crippen LogP contribution is -2.40. The molecule has 6 heteroatoms. The molecule has 126 valence electrons. The minimum absolute atomic E-state index is 0. The first kappa shape index (κ1) is 21.2. The van der Waals surface area contributed by atoms with E-state index in [9.17, 15) is 4.79 Å². The smallest absolute Gasteiger partial charge is 0.241 e. The summed E-state index contributed by atoms with van der Waals surface area (Å²) in [4.78, 5) is 14.4. The largest absolute Gasteiger partial charge is 0.353 e. The molecule has 1 fully saturated rings. The Kier molecular flexibility index (Phi) is 9.69. The van der Waals surface area contributed by atoms with Gasteiger partial charge in [-0.25, -0.2) is 0 Å². The predicted octanol–water partition coefficient (Wildman–Crippen LogP) is 2.44. The summed E-state index contributed by atoms with van der Waals surface area (Å²) in [6.45, 7) is 6.81. The van der Waals surface area contributed by atoms with E-state index in [1.807, 2.05) is 31.2 Å². The number of hydrogen-bond donors (Lipinski definition) is 2. The van der Waals surface area contributed by atoms with E-state index in [1.165, 1.54) is 18.4 Å². The summed E-state index contributed by atoms with van der Waals surface area (Å²) in [5.74, 6) is -0.0966. The number of likely N-dealkylation sites (N-methyl/N-ethyl adjacent to an activating group) is 1. The van der Waals surface area contributed by atoms with Gasteiger partial charge in [0, 0.05) is 19.1 Å². The lowest BCUT2D eigenvalue weighted by atomic mass is 10.1. The van der Waals surface area contributed by atoms with E-state index in [4.69, 9.17) is 5.73 Å². The van der Waals surface area contributed by atoms with Crippen molar-refractivity contribution in [3.05, 3.63) is 35.4 Å². The van der Waals surface area contributed by atoms with Gasteiger partial charge in [0.2, 0.25) is 5.91 Å². The van der Waals surface area contributed by atoms with Crippen LogP contribution in [0.15, 0.2) is 24.3 Å². The van der Waals surface area contributed by atoms with Crippen LogP contribution in [0.4, 0.5) is 0 Å². The van der Waals surface area contributed by atoms with Crippen LogP contribution in [-0.2, 0) is 4.79 Å². The molecule has 1 aliphatic carbocycles. The van der Waals surface area contributed by atoms with Crippen molar-refractivity contribution in [2.45, 2.75) is 38.8 Å². The van der Waals surface area contributed by atoms with Gasteiger partial charge >= 0.3 is 0 Å². The molecule has 1 saturated carbocycles. The van der Waals surface area contributed by atoms with Gasteiger partial charge in [0.1, 0.15) is 6.04 Å². The number of halogens is 2. The zero-order valence-electron chi connectivity index (χ0n) is 13.2. The molecule has 0 heterocycles. The third-order valence-corrected chi connectivity index (χ3v) is 3.89. The van der Waals surface area contributed by atoms with Crippen LogP contribution < -0.4 is 11.1 Å². The predicted molar refractivity (Wildman–Crippen MR) is 95.9 cm³/mol. The Balaban J connectivity index is 0.00000220. The number of hydrogen-bond acceptors (Lipinski definition) is 3. The maximum atomic E-state index is 12.0. The maximum Gasteiger partial charge on any atom is 0.241 e. The quantitative estimate of drug-likeness (QED) is 0.796. The fourth-order valence-electron chi connectivity index (χ4n) is 2.40. The Morgan fingerprint density at radius 1 is 1.32 bits per heavy atom. The number of rotatable bonds is 7. The SMILES string of the molecule is CCN(CCNC(=O)C(N)c1ccc(C)cc1)C1CC1.Cl.Cl. The molecule has 22 heavy (non-hydrogen) atoms. The fourth-order valence-corrected chi connectivity index (χ4v) is 2.40. The van der Waals surface area contributed by atoms with Crippen LogP contribution in [-0.4, -0.2) is 36.5 Å². The molecule has 1 unspecified atom stereocenters. The van der Waals surface area contributed by atoms with Crippen LogP contribution in [0.2, 0.25) is 0 Å². The molecule has 0 aliphatic heterocycles. The van der Waals surface area contributed by atoms with Gasteiger partial charge in [-0.1, -0.05) is 36.8 Å². The Morgan fingerprint density at radius 3 is 2.41 bits per heavy atom. The molecule has 1 aromatic carbocycles. The summed E-state index contributed by atoms with van der Waals surface area (Å²) in [6.07, 6.45) is 2.59. The van der Waals surface area contributed by atoms with Gasteiger partial charge in [0.05, 0.1) is 0 Å². The molecular formula is C16H27Cl2N3O. The van der Waals surface area contributed by atoms with Crippen molar-refractivity contribution >= 4 is 30.7 Å². The summed E-state index contributed by atoms with van der Waals surface area (Å²) >= 11 is 0. The van der Waals surface area contributed by atoms with E-state index in [0.29, 0.717) is 6.54 Å². The topological polar surface area (TPSA) is 58.4 Å². The second kappa shape index (κ2) is 10.1. The molecule has 0 aromatic heterocycles. The highest BCUT2D eigenvalue weighted by Crippen LogP contribution is 2.25. The number of nitrogens with zero attached hydrogens (tertiary/aromatic N) is 1. The number of nitrogens with two attached hydrogens (primary N) is 1. The lowest BCUT2D eigenvalue weighted by Gasteiger charge is -2.20. The normalized spacial score (nSPS) is 14.7. The summed E-state index contributed by atoms with van der Waals surface area (Å²) in [5, 5.41) is 2.94. The van der Waals surface area contributed by atoms with Gasteiger partial charge in [0.25, 0.3) is 0 Å². The standard InChI is InChI=1S/C16H25N3O.2ClH/c1-3-19(14-8-9-14)11-10-18-16(20)15(17)13-6-4-12(2)5-7-13;;/h4-7,14-15H,3,8-11,17H2,1-2H3,(H,18,20);2*1H. The summed E-state index contributed by atoms with van der Waals surface area (Å²) in [7, 11) is 0. The Bertz CT molecular complexity index is 449. The van der Waals surface area contributed by atoms with E-state index in [0.717, 1.165) is 24.7 Å². The highest BCUT2D eigenvalue weighted by atomic mass is 35.5. The van der Waals surface area contributed by atoms with Crippen molar-refractivity contribution in [2.24, 2.45) is 5.73 Å². The molecule has 2 rings (SSSR count). The Labute approximate surface area is 145 Å². The summed E-state index contributed by atoms with van der Waals surface area (Å²) in [5.41, 5.74) is 8.02. The van der Waals surface area contributed by atoms with Crippen molar-refractivity contribution in [3.63, 3.8) is 0 Å². The molecule has 3 N–H and O–H groups in total. The van der Waals surface area contributed by atoms with Gasteiger partial charge < -0.3 is 11.1 Å². The van der Waals surface area contributed by atoms with Crippen LogP contribution in [0.25, 0.3) is 0 Å². The molecule has 1 aromatic rings. The van der Waals surface area contributed by atoms with Gasteiger partial charge in [-0.3, -0.25) is 9.69 Å². The molecule has 1 atom stereocenters. The van der Waals surface area contributed by atoms with Crippen LogP contribution in [0, 0.1) is 6.92 Å². The summed E-state index contributed by atoms with van der Waals surface area (Å²) < 4.78 is 0. The van der Waals surface area contributed by atoms with E-state index >= 15 is 0 Å². The third-order valence-electron chi connectivity index (χ3n) is 3.89. The molecule has 1 aliphatic rings. The van der Waals surface area contributed by atoms with Crippen molar-refractivity contribution in [1.82, 2.24) is 10.2 Å². The third kappa shape index (κ3) is 6.13. The average Bonchev–Trinajstić information content (AvgIpc) is 3.28. The highest BCUT2D eigenvalue weighted by Gasteiger charge is 2.27. The average molecular weight is 348 g/mol. The molecule has 4 nitrogen and oxygen atoms in total. The Morgan fingerprint density at radius 2 is 1.91 bits per heavy atom. The zero-order valence-corrected chi connectivity index (χ0v) is 14.9. The Hall–Kier alpha value is -0.810. The van der Waals surface area contributed by atoms with Crippen molar-refractivity contribution in [3.8, 4) is 0 Å². The number of benzene rings is 1. The van der Waals surface area contributed by atoms with Crippen LogP contribution in [0.1, 0.15) is 36.9 Å². The van der Waals surface area contributed by atoms with Crippen LogP contribution in [0.5, 0.6) is 0 Å². The van der Waals surface area contributed by atoms with Gasteiger partial charge in [-0.05, 0) is 31.9 Å². The van der Waals surface area contributed by atoms with Crippen LogP contribution >= 0.6 is 24.8 Å². The van der Waals surface area contributed by atoms with Gasteiger partial charge in [-0.15, -0.1) is 24.8 Å². The minimum Gasteiger partial charge on any atom is -0.353 e. The fraction of sp³-hybridized carbons (Fsp3) is 0.562. The van der Waals surface area contributed by atoms with Crippen molar-refractivity contribution in [2.75, 3.05) is 19.6 Å². The molecule has 0 bridgehead atoms. The molecule has 0 saturated heterocycles. The molecular weight excluding hydrogens is 321 g/mol. The zero-order chi connectivity index (χ0) is 14.5. The van der Waals surface area contributed by atoms with Crippen LogP contribution in [0.3, 0.4) is 0 Å². The van der Waals surface area contributed by atoms with E-state index in [-0.39, 0.29) is 30.7 Å². The second-order valence-electron chi connectivity index (χ2n) is 5.54. The van der Waals surface area contributed by atoms with Gasteiger partial charge in [0.15, 0.2) is 0 Å². The second-order valence-corrected chi connectivity index (χ2v) is 5.54. The monoisotopic (exact) mass is 347 g/mol. The van der Waals surface area contributed by atoms with Crippen molar-refractivity contribution < 1.29 is 4.79 Å². The van der Waals surface area contributed by atoms with Gasteiger partial charge in [-0.2, -0.15) is 0 Å². The van der Waals surface area contributed by atoms with E-state index in [2.05, 4.69) is 17.1 Å². The number of carbonyl (C=O) groups excluding carboxylic acids is 1. The van der Waals surface area contributed by atoms with E-state index < -0.39 is 6.04 Å². The minimum atomic E-state index is -0.577. The lowest BCUT2D eigenvalue weighted by molar-refractivity contribution is -0.122. The van der Waals surface area contributed by atoms with Crippen molar-refractivity contribution in [1.29, 1.82) is 0 Å². The number of carbonyl (C=O) groups is 1. The number of amides is 1. The first-order chi connectivity index (χ1) is 9.61. The molecule has 0 radical (unpaired) electrons. The maximum absolute atomic E-state index is 12.0. The number of aryl methyl sites for hydroxylation is 1. The van der Waals surface area contributed by atoms with E-state index in [1.54, 1.807) is 0 Å². The first-order valence-electron chi connectivity index (χ1n) is 7.45. The summed E-state index contributed by atoms with van der Waals surface area (Å²) in [6, 6.07) is 7.96. The molecule has 1 amide bonds.